The van der Waals surface area contributed by atoms with E-state index < -0.39 is 5.41 Å². The number of nitrogens with zero attached hydrogens (tertiary/aromatic N) is 1. The molecule has 0 saturated carbocycles. The van der Waals surface area contributed by atoms with E-state index in [1.165, 1.54) is 7.11 Å². The summed E-state index contributed by atoms with van der Waals surface area (Å²) in [7, 11) is 1.46. The van der Waals surface area contributed by atoms with Gasteiger partial charge in [0.1, 0.15) is 0 Å². The highest BCUT2D eigenvalue weighted by atomic mass is 16.5. The predicted molar refractivity (Wildman–Crippen MR) is 102 cm³/mol. The Morgan fingerprint density at radius 1 is 1.33 bits per heavy atom. The first kappa shape index (κ1) is 17.0. The van der Waals surface area contributed by atoms with Crippen molar-refractivity contribution in [3.63, 3.8) is 0 Å². The van der Waals surface area contributed by atoms with Gasteiger partial charge in [-0.3, -0.25) is 9.69 Å². The van der Waals surface area contributed by atoms with Crippen LogP contribution in [0.2, 0.25) is 0 Å². The Morgan fingerprint density at radius 2 is 2.15 bits per heavy atom. The van der Waals surface area contributed by atoms with Crippen LogP contribution < -0.4 is 5.32 Å². The first-order chi connectivity index (χ1) is 13.1. The van der Waals surface area contributed by atoms with Crippen molar-refractivity contribution in [2.24, 2.45) is 17.8 Å². The van der Waals surface area contributed by atoms with Gasteiger partial charge in [0.15, 0.2) is 0 Å². The number of carbonyl (C=O) groups is 2. The molecule has 1 unspecified atom stereocenters. The molecular formula is C22H26N2O3. The lowest BCUT2D eigenvalue weighted by Gasteiger charge is -2.48. The van der Waals surface area contributed by atoms with Crippen molar-refractivity contribution >= 4 is 17.6 Å². The first-order valence-corrected chi connectivity index (χ1v) is 9.99. The highest BCUT2D eigenvalue weighted by Crippen LogP contribution is 2.54. The standard InChI is InChI=1S/C22H26N2O3/c1-13-7-8-14(20(25)27-2)15-11-19-22(9-10-24(19)12-16(13)15)17-5-3-4-6-18(17)23-21(22)26/h3-6,8,13,15-16,19H,7,9-12H2,1-2H3,(H,23,26)/t13?,15-,16+,19+,22-/m1/s1. The highest BCUT2D eigenvalue weighted by Gasteiger charge is 2.60. The Balaban J connectivity index is 1.55. The van der Waals surface area contributed by atoms with Gasteiger partial charge in [-0.05, 0) is 55.2 Å². The van der Waals surface area contributed by atoms with E-state index in [2.05, 4.69) is 29.3 Å². The number of allylic oxidation sites excluding steroid dienone is 1. The summed E-state index contributed by atoms with van der Waals surface area (Å²) in [6.07, 6.45) is 4.71. The van der Waals surface area contributed by atoms with Crippen molar-refractivity contribution in [3.05, 3.63) is 41.5 Å². The maximum atomic E-state index is 13.2. The van der Waals surface area contributed by atoms with Gasteiger partial charge in [0, 0.05) is 23.8 Å². The van der Waals surface area contributed by atoms with E-state index in [9.17, 15) is 9.59 Å². The molecule has 3 heterocycles. The smallest absolute Gasteiger partial charge is 0.333 e. The fourth-order valence-electron chi connectivity index (χ4n) is 6.18. The van der Waals surface area contributed by atoms with Gasteiger partial charge in [-0.1, -0.05) is 31.2 Å². The Labute approximate surface area is 159 Å². The molecule has 2 fully saturated rings. The van der Waals surface area contributed by atoms with Crippen LogP contribution in [0.3, 0.4) is 0 Å². The van der Waals surface area contributed by atoms with Crippen LogP contribution in [-0.4, -0.2) is 43.0 Å². The number of hydrogen-bond donors (Lipinski definition) is 1. The van der Waals surface area contributed by atoms with Crippen LogP contribution in [0, 0.1) is 17.8 Å². The lowest BCUT2D eigenvalue weighted by Crippen LogP contribution is -2.55. The molecule has 0 radical (unpaired) electrons. The summed E-state index contributed by atoms with van der Waals surface area (Å²) < 4.78 is 5.08. The number of amides is 1. The number of nitrogens with one attached hydrogen (secondary N) is 1. The topological polar surface area (TPSA) is 58.6 Å². The number of esters is 1. The second-order valence-corrected chi connectivity index (χ2v) is 8.60. The summed E-state index contributed by atoms with van der Waals surface area (Å²) in [6.45, 7) is 4.19. The molecule has 1 aliphatic carbocycles. The van der Waals surface area contributed by atoms with Gasteiger partial charge in [0.2, 0.25) is 5.91 Å². The zero-order valence-corrected chi connectivity index (χ0v) is 15.9. The summed E-state index contributed by atoms with van der Waals surface area (Å²) in [4.78, 5) is 28.1. The van der Waals surface area contributed by atoms with E-state index >= 15 is 0 Å². The second kappa shape index (κ2) is 5.93. The molecule has 1 N–H and O–H groups in total. The number of fused-ring (bicyclic) bond motifs is 5. The number of hydrogen-bond acceptors (Lipinski definition) is 4. The number of benzene rings is 1. The average Bonchev–Trinajstić information content (AvgIpc) is 3.20. The van der Waals surface area contributed by atoms with Crippen LogP contribution >= 0.6 is 0 Å². The van der Waals surface area contributed by atoms with Gasteiger partial charge in [-0.15, -0.1) is 0 Å². The summed E-state index contributed by atoms with van der Waals surface area (Å²) in [6, 6.07) is 8.24. The molecule has 1 aromatic rings. The maximum absolute atomic E-state index is 13.2. The lowest BCUT2D eigenvalue weighted by molar-refractivity contribution is -0.137. The monoisotopic (exact) mass is 366 g/mol. The van der Waals surface area contributed by atoms with Crippen LogP contribution in [0.5, 0.6) is 0 Å². The number of ether oxygens (including phenoxy) is 1. The van der Waals surface area contributed by atoms with Crippen LogP contribution in [0.15, 0.2) is 35.9 Å². The van der Waals surface area contributed by atoms with Crippen LogP contribution in [0.1, 0.15) is 31.7 Å². The van der Waals surface area contributed by atoms with E-state index in [0.29, 0.717) is 11.8 Å². The maximum Gasteiger partial charge on any atom is 0.333 e. The van der Waals surface area contributed by atoms with Gasteiger partial charge in [0.05, 0.1) is 12.5 Å². The summed E-state index contributed by atoms with van der Waals surface area (Å²) in [5.74, 6) is 1.11. The molecule has 1 aromatic carbocycles. The van der Waals surface area contributed by atoms with E-state index in [1.54, 1.807) is 0 Å². The van der Waals surface area contributed by atoms with E-state index in [-0.39, 0.29) is 23.8 Å². The first-order valence-electron chi connectivity index (χ1n) is 9.99. The van der Waals surface area contributed by atoms with Gasteiger partial charge in [0.25, 0.3) is 0 Å². The van der Waals surface area contributed by atoms with Crippen molar-refractivity contribution < 1.29 is 14.3 Å². The lowest BCUT2D eigenvalue weighted by atomic mass is 9.63. The summed E-state index contributed by atoms with van der Waals surface area (Å²) >= 11 is 0. The largest absolute Gasteiger partial charge is 0.466 e. The third-order valence-electron chi connectivity index (χ3n) is 7.56. The van der Waals surface area contributed by atoms with Gasteiger partial charge in [-0.25, -0.2) is 4.79 Å². The van der Waals surface area contributed by atoms with Crippen LogP contribution in [0.25, 0.3) is 0 Å². The Hall–Kier alpha value is -2.14. The molecule has 0 bridgehead atoms. The minimum Gasteiger partial charge on any atom is -0.466 e. The van der Waals surface area contributed by atoms with Gasteiger partial charge >= 0.3 is 5.97 Å². The number of rotatable bonds is 1. The van der Waals surface area contributed by atoms with Crippen molar-refractivity contribution in [1.29, 1.82) is 0 Å². The molecule has 2 saturated heterocycles. The molecule has 0 aromatic heterocycles. The van der Waals surface area contributed by atoms with E-state index in [1.807, 2.05) is 18.2 Å². The summed E-state index contributed by atoms with van der Waals surface area (Å²) in [5, 5.41) is 3.12. The third-order valence-corrected chi connectivity index (χ3v) is 7.56. The average molecular weight is 366 g/mol. The van der Waals surface area contributed by atoms with Crippen molar-refractivity contribution in [1.82, 2.24) is 4.90 Å². The summed E-state index contributed by atoms with van der Waals surface area (Å²) in [5.41, 5.74) is 2.43. The molecular weight excluding hydrogens is 340 g/mol. The number of carbonyl (C=O) groups excluding carboxylic acids is 2. The Kier molecular flexibility index (Phi) is 3.73. The van der Waals surface area contributed by atoms with Crippen molar-refractivity contribution in [2.75, 3.05) is 25.5 Å². The number of anilines is 1. The molecule has 5 atom stereocenters. The van der Waals surface area contributed by atoms with Crippen molar-refractivity contribution in [3.8, 4) is 0 Å². The minimum atomic E-state index is -0.483. The number of methoxy groups -OCH3 is 1. The highest BCUT2D eigenvalue weighted by molar-refractivity contribution is 6.07. The molecule has 3 aliphatic heterocycles. The molecule has 27 heavy (non-hydrogen) atoms. The number of para-hydroxylation sites is 1. The predicted octanol–water partition coefficient (Wildman–Crippen LogP) is 2.73. The van der Waals surface area contributed by atoms with Crippen molar-refractivity contribution in [2.45, 2.75) is 37.6 Å². The molecule has 4 aliphatic rings. The second-order valence-electron chi connectivity index (χ2n) is 8.60. The molecule has 5 heteroatoms. The van der Waals surface area contributed by atoms with Gasteiger partial charge < -0.3 is 10.1 Å². The molecule has 5 nitrogen and oxygen atoms in total. The SMILES string of the molecule is COC(=O)C1=CCC(C)[C@@H]2CN3CC[C@]4(C(=O)Nc5ccccc54)[C@@H]3C[C@H]12. The van der Waals surface area contributed by atoms with Gasteiger partial charge in [-0.2, -0.15) is 0 Å². The molecule has 142 valence electrons. The van der Waals surface area contributed by atoms with Crippen LogP contribution in [0.4, 0.5) is 5.69 Å². The Morgan fingerprint density at radius 3 is 2.96 bits per heavy atom. The third kappa shape index (κ3) is 2.21. The molecule has 1 amide bonds. The number of piperidine rings is 1. The quantitative estimate of drug-likeness (QED) is 0.777. The van der Waals surface area contributed by atoms with E-state index in [0.717, 1.165) is 49.2 Å². The normalized spacial score (nSPS) is 37.3. The Bertz CT molecular complexity index is 848. The van der Waals surface area contributed by atoms with E-state index in [4.69, 9.17) is 4.74 Å². The molecule has 1 spiro atoms. The zero-order valence-electron chi connectivity index (χ0n) is 15.9. The fourth-order valence-corrected chi connectivity index (χ4v) is 6.18. The minimum absolute atomic E-state index is 0.127. The zero-order chi connectivity index (χ0) is 18.8. The van der Waals surface area contributed by atoms with Crippen LogP contribution in [-0.2, 0) is 19.7 Å². The fraction of sp³-hybridized carbons (Fsp3) is 0.545. The molecule has 5 rings (SSSR count).